The summed E-state index contributed by atoms with van der Waals surface area (Å²) in [6.07, 6.45) is 0.850. The van der Waals surface area contributed by atoms with Gasteiger partial charge in [-0.05, 0) is 31.3 Å². The average molecular weight is 158 g/mol. The van der Waals surface area contributed by atoms with E-state index < -0.39 is 12.2 Å². The summed E-state index contributed by atoms with van der Waals surface area (Å²) in [4.78, 5) is 4.13. The molecule has 1 aliphatic carbocycles. The van der Waals surface area contributed by atoms with Crippen molar-refractivity contribution in [1.82, 2.24) is 0 Å². The van der Waals surface area contributed by atoms with E-state index in [1.54, 1.807) is 6.92 Å². The van der Waals surface area contributed by atoms with E-state index in [0.717, 1.165) is 12.8 Å². The van der Waals surface area contributed by atoms with Crippen molar-refractivity contribution >= 4 is 0 Å². The molecule has 1 rings (SSSR count). The van der Waals surface area contributed by atoms with Crippen LogP contribution in [0.25, 0.3) is 0 Å². The van der Waals surface area contributed by atoms with E-state index in [-0.39, 0.29) is 0 Å². The predicted octanol–water partition coefficient (Wildman–Crippen LogP) is 1.19. The lowest BCUT2D eigenvalue weighted by Crippen LogP contribution is -2.30. The van der Waals surface area contributed by atoms with Gasteiger partial charge in [0.2, 0.25) is 0 Å². The van der Waals surface area contributed by atoms with Crippen molar-refractivity contribution in [2.45, 2.75) is 32.0 Å². The van der Waals surface area contributed by atoms with Gasteiger partial charge in [0.1, 0.15) is 6.10 Å². The van der Waals surface area contributed by atoms with Crippen molar-refractivity contribution in [1.29, 1.82) is 0 Å². The van der Waals surface area contributed by atoms with Crippen molar-refractivity contribution < 1.29 is 15.3 Å². The molecule has 0 amide bonds. The molecule has 0 aliphatic heterocycles. The number of aliphatic hydroxyl groups is 1. The molecule has 2 atom stereocenters. The van der Waals surface area contributed by atoms with Gasteiger partial charge in [-0.3, -0.25) is 5.26 Å². The van der Waals surface area contributed by atoms with Gasteiger partial charge in [-0.1, -0.05) is 6.58 Å². The van der Waals surface area contributed by atoms with E-state index >= 15 is 0 Å². The van der Waals surface area contributed by atoms with Gasteiger partial charge in [-0.15, -0.1) is 0 Å². The number of hydrogen-bond donors (Lipinski definition) is 2. The Bertz CT molecular complexity index is 151. The van der Waals surface area contributed by atoms with Crippen LogP contribution >= 0.6 is 0 Å². The SMILES string of the molecule is C=C(C)C(OO)C(O)C1CC1. The first-order chi connectivity index (χ1) is 5.16. The molecule has 2 N–H and O–H groups in total. The molecule has 0 radical (unpaired) electrons. The number of rotatable bonds is 4. The van der Waals surface area contributed by atoms with Gasteiger partial charge in [0.15, 0.2) is 0 Å². The first-order valence-electron chi connectivity index (χ1n) is 3.80. The van der Waals surface area contributed by atoms with Gasteiger partial charge in [-0.2, -0.15) is 0 Å². The van der Waals surface area contributed by atoms with Crippen LogP contribution in [-0.2, 0) is 4.89 Å². The molecular weight excluding hydrogens is 144 g/mol. The zero-order valence-electron chi connectivity index (χ0n) is 6.66. The average Bonchev–Trinajstić information content (AvgIpc) is 2.68. The smallest absolute Gasteiger partial charge is 0.139 e. The molecule has 0 heterocycles. The van der Waals surface area contributed by atoms with Crippen LogP contribution < -0.4 is 0 Å². The molecule has 0 spiro atoms. The summed E-state index contributed by atoms with van der Waals surface area (Å²) in [5, 5.41) is 17.9. The van der Waals surface area contributed by atoms with E-state index in [1.807, 2.05) is 0 Å². The molecule has 1 fully saturated rings. The molecule has 2 unspecified atom stereocenters. The summed E-state index contributed by atoms with van der Waals surface area (Å²) in [6.45, 7) is 5.34. The summed E-state index contributed by atoms with van der Waals surface area (Å²) in [6, 6.07) is 0. The van der Waals surface area contributed by atoms with Crippen molar-refractivity contribution in [3.8, 4) is 0 Å². The molecule has 3 nitrogen and oxygen atoms in total. The zero-order valence-corrected chi connectivity index (χ0v) is 6.66. The quantitative estimate of drug-likeness (QED) is 0.367. The maximum Gasteiger partial charge on any atom is 0.139 e. The van der Waals surface area contributed by atoms with Crippen LogP contribution in [0.15, 0.2) is 12.2 Å². The zero-order chi connectivity index (χ0) is 8.43. The minimum atomic E-state index is -0.609. The van der Waals surface area contributed by atoms with E-state index in [0.29, 0.717) is 11.5 Å². The third kappa shape index (κ3) is 2.02. The fourth-order valence-corrected chi connectivity index (χ4v) is 1.13. The third-order valence-electron chi connectivity index (χ3n) is 2.01. The highest BCUT2D eigenvalue weighted by atomic mass is 17.1. The second kappa shape index (κ2) is 3.34. The lowest BCUT2D eigenvalue weighted by molar-refractivity contribution is -0.287. The Morgan fingerprint density at radius 2 is 2.18 bits per heavy atom. The van der Waals surface area contributed by atoms with Crippen LogP contribution in [0.5, 0.6) is 0 Å². The molecule has 0 aromatic heterocycles. The molecule has 0 bridgehead atoms. The molecule has 0 aromatic carbocycles. The minimum Gasteiger partial charge on any atom is -0.390 e. The molecule has 64 valence electrons. The Labute approximate surface area is 66.2 Å². The van der Waals surface area contributed by atoms with Gasteiger partial charge in [0.25, 0.3) is 0 Å². The Balaban J connectivity index is 2.45. The minimum absolute atomic E-state index is 0.295. The Morgan fingerprint density at radius 1 is 1.64 bits per heavy atom. The molecule has 1 saturated carbocycles. The Morgan fingerprint density at radius 3 is 2.45 bits per heavy atom. The highest BCUT2D eigenvalue weighted by molar-refractivity contribution is 5.04. The summed E-state index contributed by atoms with van der Waals surface area (Å²) in [5.74, 6) is 0.295. The summed E-state index contributed by atoms with van der Waals surface area (Å²) >= 11 is 0. The van der Waals surface area contributed by atoms with Crippen LogP contribution in [0.2, 0.25) is 0 Å². The van der Waals surface area contributed by atoms with Crippen LogP contribution in [0.4, 0.5) is 0 Å². The van der Waals surface area contributed by atoms with Gasteiger partial charge in [0.05, 0.1) is 6.10 Å². The fraction of sp³-hybridized carbons (Fsp3) is 0.750. The Kier molecular flexibility index (Phi) is 2.65. The van der Waals surface area contributed by atoms with Crippen molar-refractivity contribution in [2.75, 3.05) is 0 Å². The van der Waals surface area contributed by atoms with E-state index in [4.69, 9.17) is 5.26 Å². The maximum atomic E-state index is 9.47. The first-order valence-corrected chi connectivity index (χ1v) is 3.80. The summed E-state index contributed by atoms with van der Waals surface area (Å²) < 4.78 is 0. The van der Waals surface area contributed by atoms with Gasteiger partial charge in [-0.25, -0.2) is 4.89 Å². The highest BCUT2D eigenvalue weighted by Crippen LogP contribution is 2.35. The van der Waals surface area contributed by atoms with Gasteiger partial charge < -0.3 is 5.11 Å². The molecule has 0 saturated heterocycles. The fourth-order valence-electron chi connectivity index (χ4n) is 1.13. The second-order valence-electron chi connectivity index (χ2n) is 3.20. The van der Waals surface area contributed by atoms with Crippen LogP contribution in [0.1, 0.15) is 19.8 Å². The third-order valence-corrected chi connectivity index (χ3v) is 2.01. The van der Waals surface area contributed by atoms with Crippen molar-refractivity contribution in [3.63, 3.8) is 0 Å². The summed E-state index contributed by atoms with van der Waals surface area (Å²) in [5.41, 5.74) is 0.659. The predicted molar refractivity (Wildman–Crippen MR) is 41.0 cm³/mol. The van der Waals surface area contributed by atoms with E-state index in [2.05, 4.69) is 11.5 Å². The van der Waals surface area contributed by atoms with Gasteiger partial charge >= 0.3 is 0 Å². The van der Waals surface area contributed by atoms with E-state index in [9.17, 15) is 5.11 Å². The molecule has 3 heteroatoms. The van der Waals surface area contributed by atoms with Crippen molar-refractivity contribution in [3.05, 3.63) is 12.2 Å². The monoisotopic (exact) mass is 158 g/mol. The molecule has 1 aliphatic rings. The van der Waals surface area contributed by atoms with Crippen molar-refractivity contribution in [2.24, 2.45) is 5.92 Å². The molecular formula is C8H14O3. The normalized spacial score (nSPS) is 22.8. The number of aliphatic hydroxyl groups excluding tert-OH is 1. The maximum absolute atomic E-state index is 9.47. The van der Waals surface area contributed by atoms with E-state index in [1.165, 1.54) is 0 Å². The largest absolute Gasteiger partial charge is 0.390 e. The Hall–Kier alpha value is -0.380. The number of hydrogen-bond acceptors (Lipinski definition) is 3. The standard InChI is InChI=1S/C8H14O3/c1-5(2)8(11-10)7(9)6-3-4-6/h6-10H,1,3-4H2,2H3. The first kappa shape index (κ1) is 8.71. The second-order valence-corrected chi connectivity index (χ2v) is 3.20. The topological polar surface area (TPSA) is 49.7 Å². The molecule has 0 aromatic rings. The lowest BCUT2D eigenvalue weighted by atomic mass is 10.0. The van der Waals surface area contributed by atoms with Crippen LogP contribution in [0.3, 0.4) is 0 Å². The van der Waals surface area contributed by atoms with Crippen LogP contribution in [0, 0.1) is 5.92 Å². The molecule has 11 heavy (non-hydrogen) atoms. The highest BCUT2D eigenvalue weighted by Gasteiger charge is 2.36. The summed E-state index contributed by atoms with van der Waals surface area (Å²) in [7, 11) is 0. The van der Waals surface area contributed by atoms with Gasteiger partial charge in [0, 0.05) is 0 Å². The van der Waals surface area contributed by atoms with Crippen LogP contribution in [-0.4, -0.2) is 22.6 Å². The lowest BCUT2D eigenvalue weighted by Gasteiger charge is -2.19.